The summed E-state index contributed by atoms with van der Waals surface area (Å²) in [5.74, 6) is -0.251. The molecule has 0 saturated heterocycles. The van der Waals surface area contributed by atoms with Crippen molar-refractivity contribution in [2.45, 2.75) is 26.2 Å². The zero-order valence-corrected chi connectivity index (χ0v) is 10.7. The lowest BCUT2D eigenvalue weighted by Gasteiger charge is -1.94. The summed E-state index contributed by atoms with van der Waals surface area (Å²) in [5.41, 5.74) is 0. The minimum atomic E-state index is -0.251. The summed E-state index contributed by atoms with van der Waals surface area (Å²) >= 11 is 4.96. The van der Waals surface area contributed by atoms with E-state index in [1.807, 2.05) is 6.07 Å². The summed E-state index contributed by atoms with van der Waals surface area (Å²) in [7, 11) is 1.40. The molecule has 1 heterocycles. The Labute approximate surface area is 96.4 Å². The second-order valence-corrected chi connectivity index (χ2v) is 4.97. The van der Waals surface area contributed by atoms with Gasteiger partial charge in [0.15, 0.2) is 0 Å². The number of carbonyl (C=O) groups excluding carboxylic acids is 1. The monoisotopic (exact) mass is 276 g/mol. The van der Waals surface area contributed by atoms with Crippen molar-refractivity contribution in [3.8, 4) is 0 Å². The minimum Gasteiger partial charge on any atom is -0.465 e. The fourth-order valence-electron chi connectivity index (χ4n) is 1.12. The third-order valence-corrected chi connectivity index (χ3v) is 4.05. The lowest BCUT2D eigenvalue weighted by atomic mass is 10.2. The number of aryl methyl sites for hydroxylation is 1. The van der Waals surface area contributed by atoms with Gasteiger partial charge in [-0.2, -0.15) is 0 Å². The SMILES string of the molecule is CCCCc1sc(C(=O)OC)cc1Br. The van der Waals surface area contributed by atoms with Gasteiger partial charge in [0.05, 0.1) is 7.11 Å². The highest BCUT2D eigenvalue weighted by Crippen LogP contribution is 2.29. The number of halogens is 1. The Morgan fingerprint density at radius 3 is 2.93 bits per heavy atom. The van der Waals surface area contributed by atoms with Crippen molar-refractivity contribution in [2.75, 3.05) is 7.11 Å². The average Bonchev–Trinajstić information content (AvgIpc) is 2.56. The van der Waals surface area contributed by atoms with Crippen molar-refractivity contribution in [2.24, 2.45) is 0 Å². The molecular weight excluding hydrogens is 264 g/mol. The van der Waals surface area contributed by atoms with Gasteiger partial charge in [-0.1, -0.05) is 13.3 Å². The zero-order valence-electron chi connectivity index (χ0n) is 8.30. The summed E-state index contributed by atoms with van der Waals surface area (Å²) < 4.78 is 5.68. The van der Waals surface area contributed by atoms with E-state index in [0.29, 0.717) is 4.88 Å². The number of carbonyl (C=O) groups is 1. The Bertz CT molecular complexity index is 320. The van der Waals surface area contributed by atoms with E-state index >= 15 is 0 Å². The molecule has 2 nitrogen and oxygen atoms in total. The lowest BCUT2D eigenvalue weighted by molar-refractivity contribution is 0.0606. The van der Waals surface area contributed by atoms with Crippen LogP contribution in [-0.4, -0.2) is 13.1 Å². The van der Waals surface area contributed by atoms with Gasteiger partial charge in [-0.25, -0.2) is 4.79 Å². The van der Waals surface area contributed by atoms with E-state index in [-0.39, 0.29) is 5.97 Å². The summed E-state index contributed by atoms with van der Waals surface area (Å²) in [4.78, 5) is 13.1. The van der Waals surface area contributed by atoms with E-state index in [0.717, 1.165) is 23.7 Å². The van der Waals surface area contributed by atoms with E-state index in [1.54, 1.807) is 0 Å². The number of hydrogen-bond acceptors (Lipinski definition) is 3. The van der Waals surface area contributed by atoms with Crippen molar-refractivity contribution >= 4 is 33.2 Å². The van der Waals surface area contributed by atoms with Gasteiger partial charge >= 0.3 is 5.97 Å². The molecule has 0 aliphatic carbocycles. The molecule has 0 saturated carbocycles. The van der Waals surface area contributed by atoms with Crippen LogP contribution in [0.4, 0.5) is 0 Å². The van der Waals surface area contributed by atoms with Crippen LogP contribution < -0.4 is 0 Å². The van der Waals surface area contributed by atoms with Crippen LogP contribution in [0.3, 0.4) is 0 Å². The van der Waals surface area contributed by atoms with Crippen molar-refractivity contribution in [3.63, 3.8) is 0 Å². The van der Waals surface area contributed by atoms with Crippen molar-refractivity contribution < 1.29 is 9.53 Å². The first-order valence-corrected chi connectivity index (χ1v) is 6.16. The molecule has 0 bridgehead atoms. The van der Waals surface area contributed by atoms with Crippen LogP contribution in [0.25, 0.3) is 0 Å². The normalized spacial score (nSPS) is 10.2. The second-order valence-electron chi connectivity index (χ2n) is 2.98. The summed E-state index contributed by atoms with van der Waals surface area (Å²) in [5, 5.41) is 0. The van der Waals surface area contributed by atoms with E-state index in [1.165, 1.54) is 23.3 Å². The maximum Gasteiger partial charge on any atom is 0.348 e. The van der Waals surface area contributed by atoms with Crippen LogP contribution in [0.1, 0.15) is 34.3 Å². The number of rotatable bonds is 4. The molecule has 0 fully saturated rings. The smallest absolute Gasteiger partial charge is 0.348 e. The van der Waals surface area contributed by atoms with Gasteiger partial charge in [0.25, 0.3) is 0 Å². The maximum atomic E-state index is 11.2. The van der Waals surface area contributed by atoms with Crippen molar-refractivity contribution in [1.82, 2.24) is 0 Å². The number of unbranched alkanes of at least 4 members (excludes halogenated alkanes) is 1. The molecule has 4 heteroatoms. The predicted molar refractivity (Wildman–Crippen MR) is 62.0 cm³/mol. The molecule has 0 amide bonds. The van der Waals surface area contributed by atoms with Gasteiger partial charge in [0.1, 0.15) is 4.88 Å². The number of thiophene rings is 1. The van der Waals surface area contributed by atoms with Gasteiger partial charge in [0, 0.05) is 9.35 Å². The van der Waals surface area contributed by atoms with Crippen LogP contribution in [-0.2, 0) is 11.2 Å². The van der Waals surface area contributed by atoms with E-state index < -0.39 is 0 Å². The number of hydrogen-bond donors (Lipinski definition) is 0. The quantitative estimate of drug-likeness (QED) is 0.785. The fourth-order valence-corrected chi connectivity index (χ4v) is 2.95. The van der Waals surface area contributed by atoms with Crippen LogP contribution in [0, 0.1) is 0 Å². The second kappa shape index (κ2) is 5.51. The van der Waals surface area contributed by atoms with E-state index in [9.17, 15) is 4.79 Å². The molecule has 0 aromatic carbocycles. The molecule has 0 aliphatic heterocycles. The molecule has 0 N–H and O–H groups in total. The summed E-state index contributed by atoms with van der Waals surface area (Å²) in [6.07, 6.45) is 3.34. The molecule has 1 aromatic rings. The molecular formula is C10H13BrO2S. The van der Waals surface area contributed by atoms with Crippen molar-refractivity contribution in [1.29, 1.82) is 0 Å². The average molecular weight is 277 g/mol. The van der Waals surface area contributed by atoms with Crippen LogP contribution >= 0.6 is 27.3 Å². The maximum absolute atomic E-state index is 11.2. The Morgan fingerprint density at radius 2 is 2.36 bits per heavy atom. The third kappa shape index (κ3) is 2.82. The molecule has 78 valence electrons. The van der Waals surface area contributed by atoms with Crippen LogP contribution in [0.5, 0.6) is 0 Å². The molecule has 0 aliphatic rings. The highest BCUT2D eigenvalue weighted by atomic mass is 79.9. The first kappa shape index (κ1) is 11.7. The molecule has 0 atom stereocenters. The van der Waals surface area contributed by atoms with Crippen LogP contribution in [0.15, 0.2) is 10.5 Å². The van der Waals surface area contributed by atoms with Gasteiger partial charge in [-0.15, -0.1) is 11.3 Å². The van der Waals surface area contributed by atoms with E-state index in [2.05, 4.69) is 27.6 Å². The molecule has 0 unspecified atom stereocenters. The summed E-state index contributed by atoms with van der Waals surface area (Å²) in [6.45, 7) is 2.16. The van der Waals surface area contributed by atoms with Gasteiger partial charge in [-0.3, -0.25) is 0 Å². The number of methoxy groups -OCH3 is 1. The fraction of sp³-hybridized carbons (Fsp3) is 0.500. The molecule has 1 aromatic heterocycles. The number of ether oxygens (including phenoxy) is 1. The molecule has 1 rings (SSSR count). The number of esters is 1. The van der Waals surface area contributed by atoms with Crippen molar-refractivity contribution in [3.05, 3.63) is 20.3 Å². The third-order valence-electron chi connectivity index (χ3n) is 1.90. The first-order valence-electron chi connectivity index (χ1n) is 4.55. The zero-order chi connectivity index (χ0) is 10.6. The lowest BCUT2D eigenvalue weighted by Crippen LogP contribution is -1.96. The highest BCUT2D eigenvalue weighted by molar-refractivity contribution is 9.10. The summed E-state index contributed by atoms with van der Waals surface area (Å²) in [6, 6.07) is 1.83. The Kier molecular flexibility index (Phi) is 4.62. The largest absolute Gasteiger partial charge is 0.465 e. The standard InChI is InChI=1S/C10H13BrO2S/c1-3-4-5-8-7(11)6-9(14-8)10(12)13-2/h6H,3-5H2,1-2H3. The van der Waals surface area contributed by atoms with Gasteiger partial charge < -0.3 is 4.74 Å². The topological polar surface area (TPSA) is 26.3 Å². The molecule has 14 heavy (non-hydrogen) atoms. The molecule has 0 spiro atoms. The highest BCUT2D eigenvalue weighted by Gasteiger charge is 2.12. The predicted octanol–water partition coefficient (Wildman–Crippen LogP) is 3.64. The van der Waals surface area contributed by atoms with Crippen LogP contribution in [0.2, 0.25) is 0 Å². The Balaban J connectivity index is 2.76. The Hall–Kier alpha value is -0.350. The van der Waals surface area contributed by atoms with Gasteiger partial charge in [0.2, 0.25) is 0 Å². The Morgan fingerprint density at radius 1 is 1.64 bits per heavy atom. The first-order chi connectivity index (χ1) is 6.69. The van der Waals surface area contributed by atoms with Gasteiger partial charge in [-0.05, 0) is 34.8 Å². The van der Waals surface area contributed by atoms with E-state index in [4.69, 9.17) is 0 Å². The minimum absolute atomic E-state index is 0.251. The molecule has 0 radical (unpaired) electrons.